The van der Waals surface area contributed by atoms with Crippen molar-refractivity contribution < 1.29 is 24.9 Å². The first-order valence-electron chi connectivity index (χ1n) is 8.86. The van der Waals surface area contributed by atoms with E-state index in [2.05, 4.69) is 32.1 Å². The Morgan fingerprint density at radius 2 is 2.14 bits per heavy atom. The largest absolute Gasteiger partial charge is 0.387 e. The zero-order chi connectivity index (χ0) is 20.4. The second-order valence-electron chi connectivity index (χ2n) is 6.27. The molecule has 2 aromatic rings. The number of fused-ring (bicyclic) bond motifs is 1. The molecule has 0 aromatic carbocycles. The van der Waals surface area contributed by atoms with Gasteiger partial charge in [0.15, 0.2) is 23.8 Å². The number of nitrogens with zero attached hydrogens (tertiary/aromatic N) is 4. The molecule has 1 aliphatic rings. The van der Waals surface area contributed by atoms with Crippen LogP contribution in [-0.2, 0) is 9.53 Å². The first-order valence-corrected chi connectivity index (χ1v) is 8.86. The van der Waals surface area contributed by atoms with Crippen LogP contribution in [0.3, 0.4) is 0 Å². The van der Waals surface area contributed by atoms with Gasteiger partial charge in [0.05, 0.1) is 6.33 Å². The van der Waals surface area contributed by atoms with Crippen molar-refractivity contribution >= 4 is 22.9 Å². The third-order valence-corrected chi connectivity index (χ3v) is 4.31. The number of aliphatic hydroxyl groups excluding tert-OH is 3. The molecule has 2 aromatic heterocycles. The number of carbonyl (C=O) groups excluding carboxylic acids is 1. The van der Waals surface area contributed by atoms with Crippen LogP contribution in [0.25, 0.3) is 11.2 Å². The van der Waals surface area contributed by atoms with E-state index in [1.165, 1.54) is 10.9 Å². The third kappa shape index (κ3) is 3.63. The van der Waals surface area contributed by atoms with Gasteiger partial charge in [-0.25, -0.2) is 15.0 Å². The summed E-state index contributed by atoms with van der Waals surface area (Å²) in [7, 11) is 0. The number of carbonyl (C=O) groups is 1. The molecule has 0 radical (unpaired) electrons. The lowest BCUT2D eigenvalue weighted by atomic mass is 10.1. The van der Waals surface area contributed by atoms with Crippen LogP contribution in [0.15, 0.2) is 6.33 Å². The van der Waals surface area contributed by atoms with E-state index in [9.17, 15) is 20.1 Å². The second kappa shape index (κ2) is 8.07. The molecule has 11 heteroatoms. The van der Waals surface area contributed by atoms with Crippen LogP contribution >= 0.6 is 0 Å². The summed E-state index contributed by atoms with van der Waals surface area (Å²) in [6.07, 6.45) is -4.21. The Hall–Kier alpha value is -2.78. The summed E-state index contributed by atoms with van der Waals surface area (Å²) >= 11 is 0. The highest BCUT2D eigenvalue weighted by atomic mass is 16.6. The van der Waals surface area contributed by atoms with E-state index < -0.39 is 36.6 Å². The van der Waals surface area contributed by atoms with Gasteiger partial charge < -0.3 is 31.1 Å². The number of likely N-dealkylation sites (N-methyl/N-ethyl adjacent to an activating group) is 1. The van der Waals surface area contributed by atoms with Gasteiger partial charge in [0.1, 0.15) is 23.8 Å². The zero-order valence-electron chi connectivity index (χ0n) is 15.4. The smallest absolute Gasteiger partial charge is 0.252 e. The second-order valence-corrected chi connectivity index (χ2v) is 6.27. The molecule has 5 atom stereocenters. The summed E-state index contributed by atoms with van der Waals surface area (Å²) < 4.78 is 6.94. The van der Waals surface area contributed by atoms with E-state index >= 15 is 0 Å². The van der Waals surface area contributed by atoms with Crippen molar-refractivity contribution in [2.24, 2.45) is 0 Å². The summed E-state index contributed by atoms with van der Waals surface area (Å²) in [6.45, 7) is 3.87. The molecule has 3 heterocycles. The summed E-state index contributed by atoms with van der Waals surface area (Å²) in [5.74, 6) is 4.83. The van der Waals surface area contributed by atoms with Gasteiger partial charge in [-0.2, -0.15) is 0 Å². The highest BCUT2D eigenvalue weighted by Gasteiger charge is 2.47. The fourth-order valence-corrected chi connectivity index (χ4v) is 2.81. The number of imidazole rings is 1. The van der Waals surface area contributed by atoms with Gasteiger partial charge in [-0.1, -0.05) is 12.8 Å². The Bertz CT molecular complexity index is 935. The molecule has 0 bridgehead atoms. The number of aromatic nitrogens is 4. The lowest BCUT2D eigenvalue weighted by Gasteiger charge is -2.16. The number of amides is 1. The Labute approximate surface area is 160 Å². The molecule has 1 fully saturated rings. The first kappa shape index (κ1) is 20.0. The molecule has 1 unspecified atom stereocenters. The van der Waals surface area contributed by atoms with Crippen LogP contribution in [0.5, 0.6) is 0 Å². The molecule has 1 aliphatic heterocycles. The van der Waals surface area contributed by atoms with Gasteiger partial charge in [0.2, 0.25) is 5.82 Å². The maximum Gasteiger partial charge on any atom is 0.252 e. The van der Waals surface area contributed by atoms with Gasteiger partial charge >= 0.3 is 0 Å². The van der Waals surface area contributed by atoms with Crippen molar-refractivity contribution in [3.05, 3.63) is 12.2 Å². The summed E-state index contributed by atoms with van der Waals surface area (Å²) in [6, 6.07) is 0. The van der Waals surface area contributed by atoms with Crippen molar-refractivity contribution in [2.75, 3.05) is 12.3 Å². The number of rotatable bonds is 4. The molecule has 150 valence electrons. The molecule has 0 aliphatic carbocycles. The molecule has 0 spiro atoms. The molecule has 28 heavy (non-hydrogen) atoms. The van der Waals surface area contributed by atoms with Crippen LogP contribution in [0.2, 0.25) is 0 Å². The van der Waals surface area contributed by atoms with Gasteiger partial charge in [-0.05, 0) is 19.3 Å². The lowest BCUT2D eigenvalue weighted by Crippen LogP contribution is -2.42. The van der Waals surface area contributed by atoms with Crippen LogP contribution in [-0.4, -0.2) is 71.7 Å². The van der Waals surface area contributed by atoms with E-state index in [1.54, 1.807) is 13.8 Å². The molecule has 6 N–H and O–H groups in total. The Balaban J connectivity index is 1.98. The minimum atomic E-state index is -1.42. The highest BCUT2D eigenvalue weighted by molar-refractivity contribution is 5.83. The fourth-order valence-electron chi connectivity index (χ4n) is 2.81. The van der Waals surface area contributed by atoms with Gasteiger partial charge in [-0.3, -0.25) is 9.36 Å². The molecular weight excluding hydrogens is 368 g/mol. The standard InChI is InChI=1S/C17H22N6O5/c1-3-8(24)5-6-9-21-14(18)10-15(22-9)23(7-20-10)17-12(26)11(25)13(28-17)16(27)19-4-2/h7-8,11-13,17,24-26H,3-4H2,1-2H3,(H,19,27)(H2,18,21,22)/t8?,11-,12+,13-,17+/m0/s1. The van der Waals surface area contributed by atoms with E-state index in [-0.39, 0.29) is 22.8 Å². The topological polar surface area (TPSA) is 169 Å². The normalized spacial score (nSPS) is 25.3. The number of aliphatic hydroxyl groups is 3. The Morgan fingerprint density at radius 1 is 1.39 bits per heavy atom. The van der Waals surface area contributed by atoms with Gasteiger partial charge in [0.25, 0.3) is 5.91 Å². The average molecular weight is 390 g/mol. The predicted octanol–water partition coefficient (Wildman–Crippen LogP) is -1.71. The van der Waals surface area contributed by atoms with Crippen LogP contribution < -0.4 is 11.1 Å². The predicted molar refractivity (Wildman–Crippen MR) is 97.5 cm³/mol. The van der Waals surface area contributed by atoms with Gasteiger partial charge in [-0.15, -0.1) is 0 Å². The Kier molecular flexibility index (Phi) is 5.76. The lowest BCUT2D eigenvalue weighted by molar-refractivity contribution is -0.137. The van der Waals surface area contributed by atoms with Crippen molar-refractivity contribution in [2.45, 2.75) is 50.9 Å². The van der Waals surface area contributed by atoms with E-state index in [4.69, 9.17) is 10.5 Å². The van der Waals surface area contributed by atoms with Crippen LogP contribution in [0.1, 0.15) is 32.3 Å². The molecular formula is C17H22N6O5. The number of hydrogen-bond donors (Lipinski definition) is 5. The van der Waals surface area contributed by atoms with Crippen LogP contribution in [0.4, 0.5) is 5.82 Å². The number of hydrogen-bond acceptors (Lipinski definition) is 9. The summed E-state index contributed by atoms with van der Waals surface area (Å²) in [4.78, 5) is 24.5. The van der Waals surface area contributed by atoms with Gasteiger partial charge in [0, 0.05) is 6.54 Å². The number of nitrogen functional groups attached to an aromatic ring is 1. The minimum Gasteiger partial charge on any atom is -0.387 e. The minimum absolute atomic E-state index is 0.0624. The molecule has 1 saturated heterocycles. The quantitative estimate of drug-likeness (QED) is 0.381. The average Bonchev–Trinajstić information content (AvgIpc) is 3.22. The summed E-state index contributed by atoms with van der Waals surface area (Å²) in [5, 5.41) is 32.7. The number of nitrogens with one attached hydrogen (secondary N) is 1. The highest BCUT2D eigenvalue weighted by Crippen LogP contribution is 2.32. The molecule has 1 amide bonds. The number of nitrogens with two attached hydrogens (primary N) is 1. The monoisotopic (exact) mass is 390 g/mol. The first-order chi connectivity index (χ1) is 13.4. The molecule has 0 saturated carbocycles. The van der Waals surface area contributed by atoms with Crippen molar-refractivity contribution in [3.63, 3.8) is 0 Å². The SMILES string of the molecule is CCNC(=O)[C@H]1O[C@@H](n2cnc3c(N)nc(C#CC(O)CC)nc32)[C@H](O)[C@@H]1O. The van der Waals surface area contributed by atoms with E-state index in [1.807, 2.05) is 0 Å². The molecule has 11 nitrogen and oxygen atoms in total. The van der Waals surface area contributed by atoms with Crippen molar-refractivity contribution in [3.8, 4) is 11.8 Å². The van der Waals surface area contributed by atoms with Crippen molar-refractivity contribution in [1.29, 1.82) is 0 Å². The maximum absolute atomic E-state index is 12.0. The number of ether oxygens (including phenoxy) is 1. The van der Waals surface area contributed by atoms with Crippen LogP contribution in [0, 0.1) is 11.8 Å². The Morgan fingerprint density at radius 3 is 2.82 bits per heavy atom. The van der Waals surface area contributed by atoms with E-state index in [0.29, 0.717) is 13.0 Å². The third-order valence-electron chi connectivity index (χ3n) is 4.31. The molecule has 3 rings (SSSR count). The zero-order valence-corrected chi connectivity index (χ0v) is 15.4. The van der Waals surface area contributed by atoms with E-state index in [0.717, 1.165) is 0 Å². The fraction of sp³-hybridized carbons (Fsp3) is 0.529. The number of anilines is 1. The summed E-state index contributed by atoms with van der Waals surface area (Å²) in [5.41, 5.74) is 6.39. The maximum atomic E-state index is 12.0. The van der Waals surface area contributed by atoms with Crippen molar-refractivity contribution in [1.82, 2.24) is 24.8 Å².